The number of benzene rings is 1. The Hall–Kier alpha value is -2.08. The van der Waals surface area contributed by atoms with Crippen LogP contribution >= 0.6 is 0 Å². The molecule has 3 N–H and O–H groups in total. The van der Waals surface area contributed by atoms with Crippen molar-refractivity contribution in [3.63, 3.8) is 0 Å². The van der Waals surface area contributed by atoms with E-state index in [4.69, 9.17) is 5.11 Å². The minimum absolute atomic E-state index is 0.0897. The molecule has 0 aliphatic heterocycles. The van der Waals surface area contributed by atoms with Gasteiger partial charge in [-0.2, -0.15) is 5.10 Å². The van der Waals surface area contributed by atoms with Crippen LogP contribution in [0.4, 0.5) is 10.5 Å². The number of carbonyl (C=O) groups excluding carboxylic acids is 1. The molecule has 0 saturated heterocycles. The molecule has 0 bridgehead atoms. The van der Waals surface area contributed by atoms with Crippen molar-refractivity contribution in [2.45, 2.75) is 32.9 Å². The van der Waals surface area contributed by atoms with Crippen molar-refractivity contribution in [2.24, 2.45) is 0 Å². The summed E-state index contributed by atoms with van der Waals surface area (Å²) in [6.45, 7) is 5.77. The van der Waals surface area contributed by atoms with Crippen LogP contribution < -0.4 is 10.6 Å². The standard InChI is InChI=1S/C14H20N4O2/c1-9(2)18-7-11-6-12(4-5-13(11)17-18)16-14(20)15-10(3)8-19/h4-7,9-10,19H,8H2,1-3H3,(H2,15,16,20). The fraction of sp³-hybridized carbons (Fsp3) is 0.429. The smallest absolute Gasteiger partial charge is 0.319 e. The summed E-state index contributed by atoms with van der Waals surface area (Å²) in [4.78, 5) is 11.7. The predicted molar refractivity (Wildman–Crippen MR) is 78.8 cm³/mol. The molecule has 1 heterocycles. The largest absolute Gasteiger partial charge is 0.394 e. The number of carbonyl (C=O) groups is 1. The Morgan fingerprint density at radius 3 is 2.80 bits per heavy atom. The van der Waals surface area contributed by atoms with Crippen LogP contribution in [0.1, 0.15) is 26.8 Å². The van der Waals surface area contributed by atoms with Gasteiger partial charge in [0.25, 0.3) is 0 Å². The van der Waals surface area contributed by atoms with Gasteiger partial charge in [0, 0.05) is 23.3 Å². The lowest BCUT2D eigenvalue weighted by molar-refractivity contribution is 0.229. The number of anilines is 1. The molecule has 0 fully saturated rings. The highest BCUT2D eigenvalue weighted by atomic mass is 16.3. The molecule has 0 aliphatic rings. The van der Waals surface area contributed by atoms with Gasteiger partial charge in [-0.05, 0) is 39.0 Å². The SMILES string of the molecule is CC(CO)NC(=O)Nc1ccc2nn(C(C)C)cc2c1. The van der Waals surface area contributed by atoms with E-state index in [9.17, 15) is 4.79 Å². The second-order valence-corrected chi connectivity index (χ2v) is 5.16. The molecule has 108 valence electrons. The van der Waals surface area contributed by atoms with E-state index in [1.165, 1.54) is 0 Å². The number of nitrogens with zero attached hydrogens (tertiary/aromatic N) is 2. The van der Waals surface area contributed by atoms with E-state index in [0.717, 1.165) is 10.9 Å². The molecule has 0 saturated carbocycles. The van der Waals surface area contributed by atoms with Gasteiger partial charge in [-0.15, -0.1) is 0 Å². The van der Waals surface area contributed by atoms with Gasteiger partial charge in [-0.25, -0.2) is 4.79 Å². The van der Waals surface area contributed by atoms with Crippen molar-refractivity contribution < 1.29 is 9.90 Å². The summed E-state index contributed by atoms with van der Waals surface area (Å²) in [5.41, 5.74) is 1.59. The third kappa shape index (κ3) is 3.27. The van der Waals surface area contributed by atoms with Gasteiger partial charge in [0.2, 0.25) is 0 Å². The Morgan fingerprint density at radius 2 is 2.15 bits per heavy atom. The number of aromatic nitrogens is 2. The number of nitrogens with one attached hydrogen (secondary N) is 2. The highest BCUT2D eigenvalue weighted by Crippen LogP contribution is 2.19. The third-order valence-electron chi connectivity index (χ3n) is 2.96. The second-order valence-electron chi connectivity index (χ2n) is 5.16. The molecule has 0 spiro atoms. The summed E-state index contributed by atoms with van der Waals surface area (Å²) < 4.78 is 1.89. The molecule has 0 radical (unpaired) electrons. The van der Waals surface area contributed by atoms with Crippen LogP contribution in [-0.4, -0.2) is 33.6 Å². The normalized spacial score (nSPS) is 12.7. The number of fused-ring (bicyclic) bond motifs is 1. The van der Waals surface area contributed by atoms with Gasteiger partial charge in [0.15, 0.2) is 0 Å². The van der Waals surface area contributed by atoms with Crippen LogP contribution in [-0.2, 0) is 0 Å². The van der Waals surface area contributed by atoms with E-state index in [0.29, 0.717) is 11.7 Å². The molecule has 6 nitrogen and oxygen atoms in total. The van der Waals surface area contributed by atoms with Crippen LogP contribution in [0.2, 0.25) is 0 Å². The van der Waals surface area contributed by atoms with Gasteiger partial charge in [0.05, 0.1) is 18.2 Å². The number of aliphatic hydroxyl groups excluding tert-OH is 1. The highest BCUT2D eigenvalue weighted by Gasteiger charge is 2.08. The summed E-state index contributed by atoms with van der Waals surface area (Å²) in [5.74, 6) is 0. The van der Waals surface area contributed by atoms with Crippen LogP contribution in [0.5, 0.6) is 0 Å². The minimum Gasteiger partial charge on any atom is -0.394 e. The lowest BCUT2D eigenvalue weighted by atomic mass is 10.2. The van der Waals surface area contributed by atoms with E-state index in [-0.39, 0.29) is 18.7 Å². The monoisotopic (exact) mass is 276 g/mol. The van der Waals surface area contributed by atoms with E-state index in [1.807, 2.05) is 29.1 Å². The molecule has 1 unspecified atom stereocenters. The first-order chi connectivity index (χ1) is 9.49. The molecule has 1 atom stereocenters. The van der Waals surface area contributed by atoms with Crippen LogP contribution in [0.25, 0.3) is 10.9 Å². The van der Waals surface area contributed by atoms with E-state index in [1.54, 1.807) is 6.92 Å². The van der Waals surface area contributed by atoms with E-state index < -0.39 is 0 Å². The summed E-state index contributed by atoms with van der Waals surface area (Å²) in [7, 11) is 0. The molecule has 2 aromatic rings. The van der Waals surface area contributed by atoms with Gasteiger partial charge in [0.1, 0.15) is 0 Å². The van der Waals surface area contributed by atoms with Crippen LogP contribution in [0, 0.1) is 0 Å². The Morgan fingerprint density at radius 1 is 1.40 bits per heavy atom. The molecule has 1 aromatic heterocycles. The molecule has 20 heavy (non-hydrogen) atoms. The Kier molecular flexibility index (Phi) is 4.24. The van der Waals surface area contributed by atoms with Gasteiger partial charge >= 0.3 is 6.03 Å². The zero-order valence-electron chi connectivity index (χ0n) is 11.9. The molecule has 2 rings (SSSR count). The predicted octanol–water partition coefficient (Wildman–Crippen LogP) is 2.12. The first-order valence-electron chi connectivity index (χ1n) is 6.67. The van der Waals surface area contributed by atoms with Crippen LogP contribution in [0.3, 0.4) is 0 Å². The van der Waals surface area contributed by atoms with Crippen molar-refractivity contribution in [3.8, 4) is 0 Å². The third-order valence-corrected chi connectivity index (χ3v) is 2.96. The molecule has 0 aliphatic carbocycles. The topological polar surface area (TPSA) is 79.2 Å². The van der Waals surface area contributed by atoms with Crippen molar-refractivity contribution in [2.75, 3.05) is 11.9 Å². The second kappa shape index (κ2) is 5.92. The van der Waals surface area contributed by atoms with E-state index in [2.05, 4.69) is 29.6 Å². The van der Waals surface area contributed by atoms with Crippen molar-refractivity contribution in [1.82, 2.24) is 15.1 Å². The quantitative estimate of drug-likeness (QED) is 0.800. The number of amides is 2. The Balaban J connectivity index is 2.13. The molecular weight excluding hydrogens is 256 g/mol. The Labute approximate surface area is 117 Å². The summed E-state index contributed by atoms with van der Waals surface area (Å²) in [5, 5.41) is 19.7. The number of hydrogen-bond donors (Lipinski definition) is 3. The zero-order valence-corrected chi connectivity index (χ0v) is 11.9. The Bertz CT molecular complexity index is 606. The first-order valence-corrected chi connectivity index (χ1v) is 6.67. The molecular formula is C14H20N4O2. The van der Waals surface area contributed by atoms with Crippen molar-refractivity contribution in [1.29, 1.82) is 0 Å². The minimum atomic E-state index is -0.331. The average Bonchev–Trinajstić information content (AvgIpc) is 2.81. The number of hydrogen-bond acceptors (Lipinski definition) is 3. The maximum Gasteiger partial charge on any atom is 0.319 e. The molecule has 2 amide bonds. The number of urea groups is 1. The fourth-order valence-electron chi connectivity index (χ4n) is 1.82. The molecule has 6 heteroatoms. The average molecular weight is 276 g/mol. The number of rotatable bonds is 4. The zero-order chi connectivity index (χ0) is 14.7. The van der Waals surface area contributed by atoms with Gasteiger partial charge in [-0.1, -0.05) is 0 Å². The maximum atomic E-state index is 11.7. The molecule has 1 aromatic carbocycles. The lowest BCUT2D eigenvalue weighted by Crippen LogP contribution is -2.38. The van der Waals surface area contributed by atoms with E-state index >= 15 is 0 Å². The van der Waals surface area contributed by atoms with Gasteiger partial charge in [-0.3, -0.25) is 4.68 Å². The van der Waals surface area contributed by atoms with Crippen LogP contribution in [0.15, 0.2) is 24.4 Å². The fourth-order valence-corrected chi connectivity index (χ4v) is 1.82. The number of aliphatic hydroxyl groups is 1. The highest BCUT2D eigenvalue weighted by molar-refractivity contribution is 5.92. The summed E-state index contributed by atoms with van der Waals surface area (Å²) in [6.07, 6.45) is 1.96. The summed E-state index contributed by atoms with van der Waals surface area (Å²) >= 11 is 0. The van der Waals surface area contributed by atoms with Crippen molar-refractivity contribution in [3.05, 3.63) is 24.4 Å². The van der Waals surface area contributed by atoms with Gasteiger partial charge < -0.3 is 15.7 Å². The summed E-state index contributed by atoms with van der Waals surface area (Å²) in [6, 6.07) is 5.25. The lowest BCUT2D eigenvalue weighted by Gasteiger charge is -2.11. The maximum absolute atomic E-state index is 11.7. The first kappa shape index (κ1) is 14.3. The van der Waals surface area contributed by atoms with Crippen molar-refractivity contribution >= 4 is 22.6 Å².